The van der Waals surface area contributed by atoms with Gasteiger partial charge in [0.2, 0.25) is 0 Å². The molecule has 2 aliphatic heterocycles. The third kappa shape index (κ3) is 5.77. The Morgan fingerprint density at radius 2 is 1.87 bits per heavy atom. The molecular formula is C36H38N2O6S. The van der Waals surface area contributed by atoms with Crippen LogP contribution in [0.4, 0.5) is 5.13 Å². The highest BCUT2D eigenvalue weighted by atomic mass is 32.1. The van der Waals surface area contributed by atoms with E-state index in [2.05, 4.69) is 6.92 Å². The summed E-state index contributed by atoms with van der Waals surface area (Å²) in [6, 6.07) is 13.9. The standard InChI is InChI=1S/C36H38N2O6S/c1-6-8-9-14-43-27-13-10-23(19-28(27)42-7-2)32-30(33(39)24-11-12-26-25(18-24)17-22(5)44-26)34(40)35(41)38(32)36-37-31-21(4)15-20(3)16-29(31)45-36/h10-13,15-16,18-19,22,32,39H,6-9,14,17H2,1-5H3/t22-,32-/m1/s1. The van der Waals surface area contributed by atoms with E-state index >= 15 is 0 Å². The Morgan fingerprint density at radius 1 is 1.04 bits per heavy atom. The van der Waals surface area contributed by atoms with Gasteiger partial charge in [-0.15, -0.1) is 0 Å². The van der Waals surface area contributed by atoms with Gasteiger partial charge in [0.1, 0.15) is 17.6 Å². The molecule has 8 nitrogen and oxygen atoms in total. The Hall–Kier alpha value is -4.37. The fourth-order valence-corrected chi connectivity index (χ4v) is 7.32. The van der Waals surface area contributed by atoms with Crippen molar-refractivity contribution in [3.63, 3.8) is 0 Å². The third-order valence-electron chi connectivity index (χ3n) is 8.23. The molecule has 2 aliphatic rings. The number of unbranched alkanes of at least 4 members (excludes halogenated alkanes) is 2. The van der Waals surface area contributed by atoms with Gasteiger partial charge in [-0.1, -0.05) is 43.2 Å². The molecule has 1 aromatic heterocycles. The summed E-state index contributed by atoms with van der Waals surface area (Å²) in [5, 5.41) is 12.2. The molecule has 9 heteroatoms. The van der Waals surface area contributed by atoms with Gasteiger partial charge in [-0.2, -0.15) is 0 Å². The summed E-state index contributed by atoms with van der Waals surface area (Å²) in [5.74, 6) is 0.101. The van der Waals surface area contributed by atoms with Gasteiger partial charge in [0, 0.05) is 12.0 Å². The highest BCUT2D eigenvalue weighted by molar-refractivity contribution is 7.22. The lowest BCUT2D eigenvalue weighted by atomic mass is 9.94. The normalized spacial score (nSPS) is 18.8. The molecule has 2 atom stereocenters. The number of ketones is 1. The maximum absolute atomic E-state index is 13.9. The van der Waals surface area contributed by atoms with Crippen LogP contribution in [0.1, 0.15) is 73.9 Å². The zero-order valence-electron chi connectivity index (χ0n) is 26.3. The van der Waals surface area contributed by atoms with Crippen LogP contribution in [0.25, 0.3) is 16.0 Å². The van der Waals surface area contributed by atoms with E-state index < -0.39 is 17.7 Å². The molecule has 1 saturated heterocycles. The first-order valence-corrected chi connectivity index (χ1v) is 16.4. The molecule has 0 saturated carbocycles. The summed E-state index contributed by atoms with van der Waals surface area (Å²) in [6.07, 6.45) is 3.78. The van der Waals surface area contributed by atoms with Crippen LogP contribution in [0.5, 0.6) is 17.2 Å². The number of carbonyl (C=O) groups excluding carboxylic acids is 2. The van der Waals surface area contributed by atoms with Crippen molar-refractivity contribution in [1.29, 1.82) is 0 Å². The molecular weight excluding hydrogens is 588 g/mol. The third-order valence-corrected chi connectivity index (χ3v) is 9.23. The van der Waals surface area contributed by atoms with Crippen molar-refractivity contribution in [2.24, 2.45) is 0 Å². The van der Waals surface area contributed by atoms with Gasteiger partial charge in [-0.25, -0.2) is 4.98 Å². The van der Waals surface area contributed by atoms with Crippen LogP contribution in [0.3, 0.4) is 0 Å². The smallest absolute Gasteiger partial charge is 0.301 e. The number of aromatic nitrogens is 1. The zero-order chi connectivity index (χ0) is 31.8. The molecule has 3 heterocycles. The fourth-order valence-electron chi connectivity index (χ4n) is 6.15. The minimum absolute atomic E-state index is 0.00173. The molecule has 0 spiro atoms. The van der Waals surface area contributed by atoms with E-state index in [1.54, 1.807) is 18.2 Å². The van der Waals surface area contributed by atoms with Crippen LogP contribution in [-0.4, -0.2) is 41.1 Å². The van der Waals surface area contributed by atoms with Crippen molar-refractivity contribution in [2.75, 3.05) is 18.1 Å². The number of nitrogens with zero attached hydrogens (tertiary/aromatic N) is 2. The lowest BCUT2D eigenvalue weighted by Gasteiger charge is -2.24. The van der Waals surface area contributed by atoms with Gasteiger partial charge in [0.05, 0.1) is 35.0 Å². The number of anilines is 1. The molecule has 234 valence electrons. The highest BCUT2D eigenvalue weighted by Gasteiger charge is 2.48. The first-order chi connectivity index (χ1) is 21.7. The molecule has 4 aromatic rings. The van der Waals surface area contributed by atoms with Crippen molar-refractivity contribution in [1.82, 2.24) is 4.98 Å². The summed E-state index contributed by atoms with van der Waals surface area (Å²) < 4.78 is 18.8. The zero-order valence-corrected chi connectivity index (χ0v) is 27.1. The average Bonchev–Trinajstić information content (AvgIpc) is 3.68. The van der Waals surface area contributed by atoms with Crippen LogP contribution in [0, 0.1) is 13.8 Å². The van der Waals surface area contributed by atoms with Gasteiger partial charge >= 0.3 is 5.91 Å². The topological polar surface area (TPSA) is 98.2 Å². The Labute approximate surface area is 267 Å². The average molecular weight is 627 g/mol. The predicted molar refractivity (Wildman–Crippen MR) is 177 cm³/mol. The second-order valence-corrected chi connectivity index (χ2v) is 12.8. The van der Waals surface area contributed by atoms with E-state index in [1.807, 2.05) is 58.0 Å². The molecule has 1 amide bonds. The number of aliphatic hydroxyl groups is 1. The number of hydrogen-bond donors (Lipinski definition) is 1. The molecule has 0 unspecified atom stereocenters. The van der Waals surface area contributed by atoms with Gasteiger partial charge in [0.15, 0.2) is 16.6 Å². The maximum atomic E-state index is 13.9. The number of carbonyl (C=O) groups is 2. The SMILES string of the molecule is CCCCCOc1ccc([C@@H]2C(=C(O)c3ccc4c(c3)C[C@@H](C)O4)C(=O)C(=O)N2c2nc3c(C)cc(C)cc3s2)cc1OCC. The number of thiazole rings is 1. The Bertz CT molecular complexity index is 1830. The second kappa shape index (κ2) is 12.6. The number of benzene rings is 3. The van der Waals surface area contributed by atoms with Crippen molar-refractivity contribution in [2.45, 2.75) is 72.4 Å². The van der Waals surface area contributed by atoms with Gasteiger partial charge in [-0.3, -0.25) is 14.5 Å². The number of aliphatic hydroxyl groups excluding tert-OH is 1. The van der Waals surface area contributed by atoms with E-state index in [-0.39, 0.29) is 17.4 Å². The largest absolute Gasteiger partial charge is 0.507 e. The molecule has 0 bridgehead atoms. The van der Waals surface area contributed by atoms with Crippen molar-refractivity contribution >= 4 is 44.1 Å². The van der Waals surface area contributed by atoms with Crippen LogP contribution in [-0.2, 0) is 16.0 Å². The van der Waals surface area contributed by atoms with Crippen LogP contribution in [0.2, 0.25) is 0 Å². The number of ether oxygens (including phenoxy) is 3. The predicted octanol–water partition coefficient (Wildman–Crippen LogP) is 7.83. The molecule has 0 aliphatic carbocycles. The van der Waals surface area contributed by atoms with E-state index in [4.69, 9.17) is 19.2 Å². The number of amides is 1. The molecule has 1 N–H and O–H groups in total. The summed E-state index contributed by atoms with van der Waals surface area (Å²) in [4.78, 5) is 34.0. The molecule has 1 fully saturated rings. The minimum atomic E-state index is -0.941. The Kier molecular flexibility index (Phi) is 8.55. The van der Waals surface area contributed by atoms with Crippen LogP contribution < -0.4 is 19.1 Å². The second-order valence-electron chi connectivity index (χ2n) is 11.7. The number of fused-ring (bicyclic) bond motifs is 2. The highest BCUT2D eigenvalue weighted by Crippen LogP contribution is 2.46. The quantitative estimate of drug-likeness (QED) is 0.0829. The van der Waals surface area contributed by atoms with Crippen molar-refractivity contribution in [3.8, 4) is 17.2 Å². The van der Waals surface area contributed by atoms with Crippen molar-refractivity contribution in [3.05, 3.63) is 81.9 Å². The maximum Gasteiger partial charge on any atom is 0.301 e. The van der Waals surface area contributed by atoms with Gasteiger partial charge < -0.3 is 19.3 Å². The summed E-state index contributed by atoms with van der Waals surface area (Å²) >= 11 is 1.35. The van der Waals surface area contributed by atoms with E-state index in [0.29, 0.717) is 47.4 Å². The lowest BCUT2D eigenvalue weighted by molar-refractivity contribution is -0.132. The monoisotopic (exact) mass is 626 g/mol. The Balaban J connectivity index is 1.50. The van der Waals surface area contributed by atoms with E-state index in [0.717, 1.165) is 51.9 Å². The fraction of sp³-hybridized carbons (Fsp3) is 0.361. The summed E-state index contributed by atoms with van der Waals surface area (Å²) in [5.41, 5.74) is 4.84. The first kappa shape index (κ1) is 30.6. The van der Waals surface area contributed by atoms with E-state index in [1.165, 1.54) is 16.2 Å². The summed E-state index contributed by atoms with van der Waals surface area (Å²) in [7, 11) is 0. The van der Waals surface area contributed by atoms with E-state index in [9.17, 15) is 14.7 Å². The number of hydrogen-bond acceptors (Lipinski definition) is 8. The molecule has 3 aromatic carbocycles. The van der Waals surface area contributed by atoms with Crippen molar-refractivity contribution < 1.29 is 28.9 Å². The number of rotatable bonds is 10. The van der Waals surface area contributed by atoms with Gasteiger partial charge in [0.25, 0.3) is 5.78 Å². The van der Waals surface area contributed by atoms with Crippen LogP contribution in [0.15, 0.2) is 54.1 Å². The Morgan fingerprint density at radius 3 is 2.64 bits per heavy atom. The molecule has 0 radical (unpaired) electrons. The molecule has 45 heavy (non-hydrogen) atoms. The van der Waals surface area contributed by atoms with Gasteiger partial charge in [-0.05, 0) is 92.8 Å². The number of aryl methyl sites for hydroxylation is 2. The summed E-state index contributed by atoms with van der Waals surface area (Å²) in [6.45, 7) is 11.0. The lowest BCUT2D eigenvalue weighted by Crippen LogP contribution is -2.29. The number of Topliss-reactive ketones (excluding diaryl/α,β-unsaturated/α-hetero) is 1. The molecule has 6 rings (SSSR count). The van der Waals surface area contributed by atoms with Crippen LogP contribution >= 0.6 is 11.3 Å². The minimum Gasteiger partial charge on any atom is -0.507 e. The first-order valence-electron chi connectivity index (χ1n) is 15.6.